The summed E-state index contributed by atoms with van der Waals surface area (Å²) in [6, 6.07) is 27.0. The predicted molar refractivity (Wildman–Crippen MR) is 215 cm³/mol. The van der Waals surface area contributed by atoms with Crippen molar-refractivity contribution < 1.29 is 28.5 Å². The highest BCUT2D eigenvalue weighted by molar-refractivity contribution is 5.73. The average molecular weight is 783 g/mol. The second-order valence-electron chi connectivity index (χ2n) is 13.2. The number of aromatic nitrogens is 2. The summed E-state index contributed by atoms with van der Waals surface area (Å²) in [5.74, 6) is 2.36. The molecule has 0 radical (unpaired) electrons. The van der Waals surface area contributed by atoms with Crippen LogP contribution in [-0.4, -0.2) is 48.0 Å². The van der Waals surface area contributed by atoms with Crippen molar-refractivity contribution in [1.82, 2.24) is 31.2 Å². The third kappa shape index (κ3) is 14.3. The van der Waals surface area contributed by atoms with Gasteiger partial charge in [0.05, 0.1) is 11.1 Å². The van der Waals surface area contributed by atoms with Gasteiger partial charge in [-0.1, -0.05) is 36.4 Å². The largest absolute Gasteiger partial charge is 0.489 e. The smallest absolute Gasteiger partial charge is 0.216 e. The van der Waals surface area contributed by atoms with Crippen LogP contribution >= 0.6 is 0 Å². The first-order chi connectivity index (χ1) is 28.3. The summed E-state index contributed by atoms with van der Waals surface area (Å²) in [6.45, 7) is 7.31. The molecule has 0 spiro atoms. The number of hydrogen-bond acceptors (Lipinski definition) is 12. The van der Waals surface area contributed by atoms with Crippen LogP contribution < -0.4 is 40.2 Å². The van der Waals surface area contributed by atoms with Crippen LogP contribution in [0.4, 0.5) is 0 Å². The summed E-state index contributed by atoms with van der Waals surface area (Å²) in [7, 11) is 0. The molecule has 5 aromatic rings. The quantitative estimate of drug-likeness (QED) is 0.0689. The van der Waals surface area contributed by atoms with Crippen LogP contribution in [0.15, 0.2) is 97.6 Å². The van der Waals surface area contributed by atoms with Crippen molar-refractivity contribution in [3.8, 4) is 35.1 Å². The summed E-state index contributed by atoms with van der Waals surface area (Å²) in [4.78, 5) is 30.7. The summed E-state index contributed by atoms with van der Waals surface area (Å²) < 4.78 is 24.7. The van der Waals surface area contributed by atoms with Gasteiger partial charge < -0.3 is 40.2 Å². The van der Waals surface area contributed by atoms with Gasteiger partial charge in [0.1, 0.15) is 61.6 Å². The lowest BCUT2D eigenvalue weighted by molar-refractivity contribution is -0.119. The molecule has 2 heterocycles. The van der Waals surface area contributed by atoms with E-state index in [4.69, 9.17) is 18.9 Å². The number of pyridine rings is 2. The highest BCUT2D eigenvalue weighted by atomic mass is 16.5. The predicted octanol–water partition coefficient (Wildman–Crippen LogP) is 4.99. The fourth-order valence-electron chi connectivity index (χ4n) is 5.55. The Morgan fingerprint density at radius 1 is 0.534 bits per heavy atom. The molecule has 3 aromatic carbocycles. The molecule has 0 saturated heterocycles. The van der Waals surface area contributed by atoms with Crippen LogP contribution in [0.25, 0.3) is 0 Å². The molecule has 0 bridgehead atoms. The van der Waals surface area contributed by atoms with Gasteiger partial charge in [0.15, 0.2) is 0 Å². The first kappa shape index (κ1) is 42.1. The normalized spacial score (nSPS) is 10.5. The minimum Gasteiger partial charge on any atom is -0.489 e. The fourth-order valence-corrected chi connectivity index (χ4v) is 5.55. The molecule has 2 amide bonds. The summed E-state index contributed by atoms with van der Waals surface area (Å²) in [5, 5.41) is 30.7. The zero-order chi connectivity index (χ0) is 41.0. The van der Waals surface area contributed by atoms with E-state index >= 15 is 0 Å². The highest BCUT2D eigenvalue weighted by Crippen LogP contribution is 2.28. The van der Waals surface area contributed by atoms with Crippen LogP contribution in [0.5, 0.6) is 23.0 Å². The number of nitriles is 2. The lowest BCUT2D eigenvalue weighted by Crippen LogP contribution is -2.30. The third-order valence-corrected chi connectivity index (χ3v) is 8.53. The number of rotatable bonds is 22. The lowest BCUT2D eigenvalue weighted by Gasteiger charge is -2.15. The molecule has 58 heavy (non-hydrogen) atoms. The van der Waals surface area contributed by atoms with Gasteiger partial charge in [0.25, 0.3) is 0 Å². The molecule has 0 fully saturated rings. The van der Waals surface area contributed by atoms with Gasteiger partial charge in [-0.15, -0.1) is 0 Å². The van der Waals surface area contributed by atoms with Crippen LogP contribution in [-0.2, 0) is 49.1 Å². The molecular formula is C44H46N8O6. The number of carbonyl (C=O) groups is 2. The van der Waals surface area contributed by atoms with Crippen LogP contribution in [0, 0.1) is 22.7 Å². The Labute approximate surface area is 338 Å². The van der Waals surface area contributed by atoms with Gasteiger partial charge in [-0.2, -0.15) is 10.5 Å². The first-order valence-corrected chi connectivity index (χ1v) is 18.7. The molecule has 4 N–H and O–H groups in total. The maximum absolute atomic E-state index is 11.2. The maximum atomic E-state index is 11.2. The first-order valence-electron chi connectivity index (χ1n) is 18.7. The molecule has 2 aromatic heterocycles. The standard InChI is InChI=1S/C44H46N8O6/c1-31(53)51-13-11-47-25-39-7-9-41(17-43(39)57-29-37-15-35(19-45)21-49-23-37)55-27-33-3-5-34(6-4-33)28-56-42-10-8-40(26-48-12-14-52-32(2)54)44(18-42)58-30-38-16-36(20-46)22-50-24-38/h3-10,15-18,21-24,47-48H,11-14,25-30H2,1-2H3,(H,51,53)(H,52,54). The monoisotopic (exact) mass is 782 g/mol. The zero-order valence-electron chi connectivity index (χ0n) is 32.5. The number of carbonyl (C=O) groups excluding carboxylic acids is 2. The van der Waals surface area contributed by atoms with Crippen molar-refractivity contribution in [1.29, 1.82) is 10.5 Å². The molecule has 0 aliphatic rings. The Morgan fingerprint density at radius 2 is 0.948 bits per heavy atom. The Morgan fingerprint density at radius 3 is 1.34 bits per heavy atom. The van der Waals surface area contributed by atoms with E-state index in [9.17, 15) is 20.1 Å². The van der Waals surface area contributed by atoms with Gasteiger partial charge in [0, 0.05) is 112 Å². The van der Waals surface area contributed by atoms with E-state index in [-0.39, 0.29) is 25.0 Å². The molecule has 0 aliphatic heterocycles. The van der Waals surface area contributed by atoms with Crippen LogP contribution in [0.2, 0.25) is 0 Å². The Kier molecular flexibility index (Phi) is 16.4. The summed E-state index contributed by atoms with van der Waals surface area (Å²) in [6.07, 6.45) is 6.35. The molecule has 298 valence electrons. The number of nitrogens with one attached hydrogen (secondary N) is 4. The molecule has 5 rings (SSSR count). The molecule has 0 saturated carbocycles. The van der Waals surface area contributed by atoms with Gasteiger partial charge in [0.2, 0.25) is 11.8 Å². The topological polar surface area (TPSA) is 193 Å². The van der Waals surface area contributed by atoms with E-state index in [2.05, 4.69) is 43.4 Å². The van der Waals surface area contributed by atoms with Crippen molar-refractivity contribution in [2.45, 2.75) is 53.4 Å². The summed E-state index contributed by atoms with van der Waals surface area (Å²) >= 11 is 0. The second kappa shape index (κ2) is 22.5. The number of ether oxygens (including phenoxy) is 4. The van der Waals surface area contributed by atoms with E-state index in [1.54, 1.807) is 24.5 Å². The fraction of sp³-hybridized carbons (Fsp3) is 0.273. The molecule has 14 heteroatoms. The number of nitrogens with zero attached hydrogens (tertiary/aromatic N) is 4. The van der Waals surface area contributed by atoms with Gasteiger partial charge in [-0.25, -0.2) is 0 Å². The van der Waals surface area contributed by atoms with Gasteiger partial charge in [-0.3, -0.25) is 19.6 Å². The van der Waals surface area contributed by atoms with Crippen molar-refractivity contribution in [2.75, 3.05) is 26.2 Å². The Balaban J connectivity index is 1.18. The Bertz CT molecular complexity index is 2060. The molecule has 0 unspecified atom stereocenters. The minimum absolute atomic E-state index is 0.0802. The number of benzene rings is 3. The molecule has 0 aliphatic carbocycles. The highest BCUT2D eigenvalue weighted by Gasteiger charge is 2.11. The van der Waals surface area contributed by atoms with Gasteiger partial charge >= 0.3 is 0 Å². The zero-order valence-corrected chi connectivity index (χ0v) is 32.5. The molecule has 0 atom stereocenters. The average Bonchev–Trinajstić information content (AvgIpc) is 3.24. The van der Waals surface area contributed by atoms with E-state index in [1.807, 2.05) is 60.7 Å². The number of hydrogen-bond donors (Lipinski definition) is 4. The van der Waals surface area contributed by atoms with E-state index in [0.29, 0.717) is 86.6 Å². The SMILES string of the molecule is CC(=O)NCCNCc1ccc(OCc2ccc(COc3ccc(CNCCNC(C)=O)c(OCc4cncc(C#N)c4)c3)cc2)cc1OCc1cncc(C#N)c1. The summed E-state index contributed by atoms with van der Waals surface area (Å²) in [5.41, 5.74) is 6.21. The third-order valence-electron chi connectivity index (χ3n) is 8.53. The molecular weight excluding hydrogens is 737 g/mol. The minimum atomic E-state index is -0.0802. The van der Waals surface area contributed by atoms with Crippen molar-refractivity contribution in [3.63, 3.8) is 0 Å². The molecule has 14 nitrogen and oxygen atoms in total. The van der Waals surface area contributed by atoms with Crippen molar-refractivity contribution in [2.24, 2.45) is 0 Å². The van der Waals surface area contributed by atoms with E-state index in [0.717, 1.165) is 33.4 Å². The number of amides is 2. The van der Waals surface area contributed by atoms with Crippen LogP contribution in [0.1, 0.15) is 58.4 Å². The second-order valence-corrected chi connectivity index (χ2v) is 13.2. The van der Waals surface area contributed by atoms with E-state index < -0.39 is 0 Å². The maximum Gasteiger partial charge on any atom is 0.216 e. The van der Waals surface area contributed by atoms with E-state index in [1.165, 1.54) is 26.2 Å². The van der Waals surface area contributed by atoms with Gasteiger partial charge in [-0.05, 0) is 35.4 Å². The lowest BCUT2D eigenvalue weighted by atomic mass is 10.1. The van der Waals surface area contributed by atoms with Crippen molar-refractivity contribution in [3.05, 3.63) is 142 Å². The van der Waals surface area contributed by atoms with Crippen molar-refractivity contribution >= 4 is 11.8 Å². The van der Waals surface area contributed by atoms with Crippen LogP contribution in [0.3, 0.4) is 0 Å². The Hall–Kier alpha value is -7.00.